The molecule has 0 unspecified atom stereocenters. The highest BCUT2D eigenvalue weighted by atomic mass is 16.6. The second kappa shape index (κ2) is 8.47. The van der Waals surface area contributed by atoms with Crippen LogP contribution in [0.15, 0.2) is 66.9 Å². The third-order valence-electron chi connectivity index (χ3n) is 3.76. The van der Waals surface area contributed by atoms with Crippen LogP contribution >= 0.6 is 0 Å². The van der Waals surface area contributed by atoms with Crippen molar-refractivity contribution in [3.05, 3.63) is 93.8 Å². The van der Waals surface area contributed by atoms with Crippen LogP contribution in [-0.4, -0.2) is 22.9 Å². The van der Waals surface area contributed by atoms with Gasteiger partial charge in [-0.1, -0.05) is 18.1 Å². The number of nitrogens with one attached hydrogen (secondary N) is 1. The van der Waals surface area contributed by atoms with Gasteiger partial charge < -0.3 is 10.1 Å². The van der Waals surface area contributed by atoms with Crippen molar-refractivity contribution in [3.8, 4) is 17.6 Å². The molecule has 0 bridgehead atoms. The number of nitrogens with zero attached hydrogens (tertiary/aromatic N) is 2. The van der Waals surface area contributed by atoms with E-state index in [0.717, 1.165) is 0 Å². The Kier molecular flexibility index (Phi) is 5.63. The summed E-state index contributed by atoms with van der Waals surface area (Å²) in [4.78, 5) is 27.1. The molecule has 0 spiro atoms. The Hall–Kier alpha value is -4.18. The summed E-state index contributed by atoms with van der Waals surface area (Å²) in [6.45, 7) is 0. The molecule has 2 aromatic carbocycles. The highest BCUT2D eigenvalue weighted by Crippen LogP contribution is 2.27. The second-order valence-corrected chi connectivity index (χ2v) is 5.64. The number of pyridine rings is 1. The first-order valence-corrected chi connectivity index (χ1v) is 8.24. The van der Waals surface area contributed by atoms with E-state index in [1.807, 2.05) is 18.2 Å². The van der Waals surface area contributed by atoms with Gasteiger partial charge in [-0.15, -0.1) is 0 Å². The fourth-order valence-corrected chi connectivity index (χ4v) is 2.42. The lowest BCUT2D eigenvalue weighted by Gasteiger charge is -2.07. The van der Waals surface area contributed by atoms with Crippen LogP contribution in [0.4, 0.5) is 11.4 Å². The molecule has 0 saturated carbocycles. The summed E-state index contributed by atoms with van der Waals surface area (Å²) in [7, 11) is 1.33. The summed E-state index contributed by atoms with van der Waals surface area (Å²) < 4.78 is 4.95. The monoisotopic (exact) mass is 373 g/mol. The van der Waals surface area contributed by atoms with Crippen molar-refractivity contribution in [1.82, 2.24) is 4.98 Å². The molecule has 1 heterocycles. The molecule has 7 nitrogen and oxygen atoms in total. The zero-order valence-corrected chi connectivity index (χ0v) is 14.9. The van der Waals surface area contributed by atoms with Crippen molar-refractivity contribution in [1.29, 1.82) is 0 Å². The lowest BCUT2D eigenvalue weighted by molar-refractivity contribution is -0.385. The topological polar surface area (TPSA) is 94.4 Å². The molecule has 1 aromatic heterocycles. The summed E-state index contributed by atoms with van der Waals surface area (Å²) in [5.41, 5.74) is 1.74. The number of carbonyl (C=O) groups excluding carboxylic acids is 1. The molecule has 1 amide bonds. The van der Waals surface area contributed by atoms with Gasteiger partial charge in [0.1, 0.15) is 5.69 Å². The highest BCUT2D eigenvalue weighted by molar-refractivity contribution is 6.04. The molecule has 138 valence electrons. The molecule has 0 saturated heterocycles. The van der Waals surface area contributed by atoms with Crippen LogP contribution in [0.3, 0.4) is 0 Å². The molecule has 7 heteroatoms. The van der Waals surface area contributed by atoms with E-state index in [4.69, 9.17) is 4.74 Å². The lowest BCUT2D eigenvalue weighted by Crippen LogP contribution is -2.12. The molecule has 0 atom stereocenters. The average Bonchev–Trinajstić information content (AvgIpc) is 2.72. The smallest absolute Gasteiger partial charge is 0.311 e. The summed E-state index contributed by atoms with van der Waals surface area (Å²) in [6.07, 6.45) is 1.66. The molecular formula is C21H15N3O4. The molecular weight excluding hydrogens is 358 g/mol. The SMILES string of the molecule is COc1ccc(C(=O)Nc2cccc(C#Cc3ccccn3)c2)cc1[N+](=O)[O-]. The van der Waals surface area contributed by atoms with Gasteiger partial charge in [-0.05, 0) is 48.4 Å². The number of carbonyl (C=O) groups is 1. The zero-order valence-electron chi connectivity index (χ0n) is 14.9. The Morgan fingerprint density at radius 2 is 1.96 bits per heavy atom. The van der Waals surface area contributed by atoms with Crippen LogP contribution in [0.2, 0.25) is 0 Å². The maximum Gasteiger partial charge on any atom is 0.311 e. The Labute approximate surface area is 161 Å². The van der Waals surface area contributed by atoms with E-state index in [1.165, 1.54) is 25.3 Å². The van der Waals surface area contributed by atoms with Gasteiger partial charge in [-0.25, -0.2) is 4.98 Å². The standard InChI is InChI=1S/C21H15N3O4/c1-28-20-11-9-16(14-19(20)24(26)27)21(25)23-18-7-4-5-15(13-18)8-10-17-6-2-3-12-22-17/h2-7,9,11-14H,1H3,(H,23,25). The van der Waals surface area contributed by atoms with Crippen molar-refractivity contribution in [3.63, 3.8) is 0 Å². The predicted molar refractivity (Wildman–Crippen MR) is 104 cm³/mol. The average molecular weight is 373 g/mol. The molecule has 0 aliphatic heterocycles. The van der Waals surface area contributed by atoms with Crippen LogP contribution < -0.4 is 10.1 Å². The van der Waals surface area contributed by atoms with E-state index >= 15 is 0 Å². The van der Waals surface area contributed by atoms with Crippen LogP contribution in [0.25, 0.3) is 0 Å². The van der Waals surface area contributed by atoms with Crippen LogP contribution in [0, 0.1) is 22.0 Å². The first kappa shape index (κ1) is 18.6. The molecule has 0 aliphatic carbocycles. The number of rotatable bonds is 4. The summed E-state index contributed by atoms with van der Waals surface area (Å²) >= 11 is 0. The quantitative estimate of drug-likeness (QED) is 0.428. The van der Waals surface area contributed by atoms with Crippen molar-refractivity contribution < 1.29 is 14.5 Å². The van der Waals surface area contributed by atoms with E-state index in [1.54, 1.807) is 30.5 Å². The van der Waals surface area contributed by atoms with Gasteiger partial charge in [-0.2, -0.15) is 0 Å². The van der Waals surface area contributed by atoms with Gasteiger partial charge in [0.05, 0.1) is 12.0 Å². The minimum Gasteiger partial charge on any atom is -0.490 e. The normalized spacial score (nSPS) is 9.75. The lowest BCUT2D eigenvalue weighted by atomic mass is 10.1. The van der Waals surface area contributed by atoms with Gasteiger partial charge in [0.25, 0.3) is 5.91 Å². The van der Waals surface area contributed by atoms with E-state index < -0.39 is 10.8 Å². The third-order valence-corrected chi connectivity index (χ3v) is 3.76. The van der Waals surface area contributed by atoms with Crippen LogP contribution in [0.5, 0.6) is 5.75 Å². The Morgan fingerprint density at radius 1 is 1.11 bits per heavy atom. The maximum atomic E-state index is 12.5. The number of aromatic nitrogens is 1. The van der Waals surface area contributed by atoms with Crippen molar-refractivity contribution in [2.45, 2.75) is 0 Å². The van der Waals surface area contributed by atoms with Gasteiger partial charge in [0.2, 0.25) is 0 Å². The first-order chi connectivity index (χ1) is 13.6. The van der Waals surface area contributed by atoms with Gasteiger partial charge >= 0.3 is 5.69 Å². The fourth-order valence-electron chi connectivity index (χ4n) is 2.42. The number of nitro groups is 1. The van der Waals surface area contributed by atoms with Gasteiger partial charge in [0.15, 0.2) is 5.75 Å². The van der Waals surface area contributed by atoms with E-state index in [-0.39, 0.29) is 17.0 Å². The summed E-state index contributed by atoms with van der Waals surface area (Å²) in [5.74, 6) is 5.55. The molecule has 3 aromatic rings. The molecule has 0 radical (unpaired) electrons. The number of amides is 1. The number of benzene rings is 2. The zero-order chi connectivity index (χ0) is 19.9. The van der Waals surface area contributed by atoms with E-state index in [0.29, 0.717) is 16.9 Å². The third kappa shape index (κ3) is 4.51. The molecule has 0 aliphatic rings. The first-order valence-electron chi connectivity index (χ1n) is 8.24. The molecule has 1 N–H and O–H groups in total. The second-order valence-electron chi connectivity index (χ2n) is 5.64. The molecule has 28 heavy (non-hydrogen) atoms. The maximum absolute atomic E-state index is 12.5. The van der Waals surface area contributed by atoms with Crippen molar-refractivity contribution >= 4 is 17.3 Å². The number of methoxy groups -OCH3 is 1. The van der Waals surface area contributed by atoms with E-state index in [2.05, 4.69) is 22.1 Å². The Morgan fingerprint density at radius 3 is 2.68 bits per heavy atom. The highest BCUT2D eigenvalue weighted by Gasteiger charge is 2.18. The molecule has 3 rings (SSSR count). The Bertz CT molecular complexity index is 1090. The minimum absolute atomic E-state index is 0.0911. The fraction of sp³-hybridized carbons (Fsp3) is 0.0476. The number of nitro benzene ring substituents is 1. The predicted octanol–water partition coefficient (Wildman–Crippen LogP) is 3.65. The van der Waals surface area contributed by atoms with E-state index in [9.17, 15) is 14.9 Å². The number of anilines is 1. The molecule has 0 fully saturated rings. The summed E-state index contributed by atoms with van der Waals surface area (Å²) in [6, 6.07) is 16.5. The van der Waals surface area contributed by atoms with Crippen molar-refractivity contribution in [2.75, 3.05) is 12.4 Å². The minimum atomic E-state index is -0.594. The Balaban J connectivity index is 1.79. The number of hydrogen-bond donors (Lipinski definition) is 1. The number of hydrogen-bond acceptors (Lipinski definition) is 5. The largest absolute Gasteiger partial charge is 0.490 e. The van der Waals surface area contributed by atoms with Gasteiger partial charge in [0, 0.05) is 29.1 Å². The summed E-state index contributed by atoms with van der Waals surface area (Å²) in [5, 5.41) is 13.8. The van der Waals surface area contributed by atoms with Crippen molar-refractivity contribution in [2.24, 2.45) is 0 Å². The van der Waals surface area contributed by atoms with Gasteiger partial charge in [-0.3, -0.25) is 14.9 Å². The van der Waals surface area contributed by atoms with Crippen LogP contribution in [-0.2, 0) is 0 Å². The van der Waals surface area contributed by atoms with Crippen LogP contribution in [0.1, 0.15) is 21.6 Å². The number of ether oxygens (including phenoxy) is 1.